The molecule has 0 aliphatic heterocycles. The summed E-state index contributed by atoms with van der Waals surface area (Å²) in [5.74, 6) is 1.09. The number of hydrogen-bond donors (Lipinski definition) is 0. The van der Waals surface area contributed by atoms with Gasteiger partial charge in [0.05, 0.1) is 0 Å². The SMILES string of the molecule is CC(C)C[Si](Cl)(CC(C)C)O[Si](C)(C)O[Si](C)(C)O[Si](C)(C)C. The molecule has 0 aromatic carbocycles. The van der Waals surface area contributed by atoms with Crippen LogP contribution in [0, 0.1) is 11.8 Å². The van der Waals surface area contributed by atoms with Crippen molar-refractivity contribution in [2.45, 2.75) is 85.6 Å². The summed E-state index contributed by atoms with van der Waals surface area (Å²) < 4.78 is 19.4. The lowest BCUT2D eigenvalue weighted by Crippen LogP contribution is -2.56. The van der Waals surface area contributed by atoms with E-state index in [0.29, 0.717) is 11.8 Å². The first-order valence-electron chi connectivity index (χ1n) is 8.75. The number of rotatable bonds is 10. The second kappa shape index (κ2) is 8.61. The van der Waals surface area contributed by atoms with Crippen LogP contribution in [0.15, 0.2) is 0 Å². The molecule has 0 bridgehead atoms. The van der Waals surface area contributed by atoms with Gasteiger partial charge in [-0.15, -0.1) is 11.1 Å². The Labute approximate surface area is 153 Å². The van der Waals surface area contributed by atoms with E-state index in [4.69, 9.17) is 23.4 Å². The predicted molar refractivity (Wildman–Crippen MR) is 112 cm³/mol. The molecule has 0 aromatic rings. The minimum Gasteiger partial charge on any atom is -0.437 e. The third kappa shape index (κ3) is 12.1. The van der Waals surface area contributed by atoms with Gasteiger partial charge in [0.1, 0.15) is 0 Å². The average Bonchev–Trinajstić information content (AvgIpc) is 2.02. The number of hydrogen-bond acceptors (Lipinski definition) is 3. The van der Waals surface area contributed by atoms with Crippen LogP contribution < -0.4 is 0 Å². The fraction of sp³-hybridized carbons (Fsp3) is 1.00. The highest BCUT2D eigenvalue weighted by atomic mass is 35.6. The minimum atomic E-state index is -2.32. The molecule has 140 valence electrons. The van der Waals surface area contributed by atoms with Crippen LogP contribution in [0.25, 0.3) is 0 Å². The second-order valence-electron chi connectivity index (χ2n) is 9.30. The van der Waals surface area contributed by atoms with Crippen molar-refractivity contribution in [1.82, 2.24) is 0 Å². The van der Waals surface area contributed by atoms with E-state index >= 15 is 0 Å². The van der Waals surface area contributed by atoms with Crippen LogP contribution in [0.3, 0.4) is 0 Å². The Morgan fingerprint density at radius 2 is 1.00 bits per heavy atom. The Kier molecular flexibility index (Phi) is 9.00. The fourth-order valence-corrected chi connectivity index (χ4v) is 25.2. The molecular formula is C15H39ClO3Si4. The summed E-state index contributed by atoms with van der Waals surface area (Å²) >= 11 is 7.03. The number of halogens is 1. The van der Waals surface area contributed by atoms with Crippen LogP contribution in [0.1, 0.15) is 27.7 Å². The van der Waals surface area contributed by atoms with Gasteiger partial charge in [0.25, 0.3) is 7.63 Å². The molecule has 0 saturated heterocycles. The van der Waals surface area contributed by atoms with E-state index in [-0.39, 0.29) is 0 Å². The Morgan fingerprint density at radius 3 is 1.30 bits per heavy atom. The largest absolute Gasteiger partial charge is 0.437 e. The van der Waals surface area contributed by atoms with Crippen LogP contribution in [0.4, 0.5) is 0 Å². The molecular weight excluding hydrogens is 376 g/mol. The highest BCUT2D eigenvalue weighted by molar-refractivity contribution is 7.19. The Balaban J connectivity index is 5.09. The molecule has 0 radical (unpaired) electrons. The maximum Gasteiger partial charge on any atom is 0.313 e. The van der Waals surface area contributed by atoms with Crippen molar-refractivity contribution >= 4 is 44.1 Å². The minimum absolute atomic E-state index is 0.547. The van der Waals surface area contributed by atoms with E-state index in [2.05, 4.69) is 73.5 Å². The Hall–Kier alpha value is 1.04. The monoisotopic (exact) mass is 414 g/mol. The van der Waals surface area contributed by atoms with E-state index in [1.165, 1.54) is 0 Å². The van der Waals surface area contributed by atoms with Gasteiger partial charge in [-0.2, -0.15) is 0 Å². The summed E-state index contributed by atoms with van der Waals surface area (Å²) in [5.41, 5.74) is 0. The summed E-state index contributed by atoms with van der Waals surface area (Å²) in [5, 5.41) is 0. The molecule has 0 aliphatic rings. The predicted octanol–water partition coefficient (Wildman–Crippen LogP) is 6.27. The van der Waals surface area contributed by atoms with Crippen LogP contribution >= 0.6 is 11.1 Å². The van der Waals surface area contributed by atoms with Crippen LogP contribution in [0.5, 0.6) is 0 Å². The third-order valence-corrected chi connectivity index (χ3v) is 19.1. The van der Waals surface area contributed by atoms with Crippen molar-refractivity contribution in [3.8, 4) is 0 Å². The lowest BCUT2D eigenvalue weighted by atomic mass is 10.3. The van der Waals surface area contributed by atoms with Crippen molar-refractivity contribution in [1.29, 1.82) is 0 Å². The summed E-state index contributed by atoms with van der Waals surface area (Å²) in [7, 11) is -8.41. The van der Waals surface area contributed by atoms with Gasteiger partial charge >= 0.3 is 17.1 Å². The molecule has 3 nitrogen and oxygen atoms in total. The van der Waals surface area contributed by atoms with Gasteiger partial charge in [-0.3, -0.25) is 0 Å². The Morgan fingerprint density at radius 1 is 0.652 bits per heavy atom. The van der Waals surface area contributed by atoms with Crippen molar-refractivity contribution in [2.75, 3.05) is 0 Å². The third-order valence-electron chi connectivity index (χ3n) is 2.90. The van der Waals surface area contributed by atoms with Gasteiger partial charge < -0.3 is 12.3 Å². The standard InChI is InChI=1S/C15H39ClO3Si4/c1-14(2)12-23(16,13-15(3)4)19-22(10,11)18-21(8,9)17-20(5,6)7/h14-15H,12-13H2,1-11H3. The van der Waals surface area contributed by atoms with Gasteiger partial charge in [-0.05, 0) is 69.8 Å². The summed E-state index contributed by atoms with van der Waals surface area (Å²) in [4.78, 5) is 0. The molecule has 0 amide bonds. The molecule has 0 N–H and O–H groups in total. The zero-order chi connectivity index (χ0) is 18.7. The lowest BCUT2D eigenvalue weighted by Gasteiger charge is -2.41. The molecule has 0 rings (SSSR count). The summed E-state index contributed by atoms with van der Waals surface area (Å²) in [6, 6.07) is 1.95. The molecule has 0 heterocycles. The molecule has 0 fully saturated rings. The van der Waals surface area contributed by atoms with Crippen molar-refractivity contribution in [3.63, 3.8) is 0 Å². The lowest BCUT2D eigenvalue weighted by molar-refractivity contribution is 0.328. The van der Waals surface area contributed by atoms with E-state index < -0.39 is 33.1 Å². The normalized spacial score (nSPS) is 14.9. The smallest absolute Gasteiger partial charge is 0.313 e. The van der Waals surface area contributed by atoms with Crippen molar-refractivity contribution in [3.05, 3.63) is 0 Å². The van der Waals surface area contributed by atoms with Gasteiger partial charge in [-0.25, -0.2) is 0 Å². The first-order valence-corrected chi connectivity index (χ1v) is 21.1. The van der Waals surface area contributed by atoms with E-state index in [9.17, 15) is 0 Å². The van der Waals surface area contributed by atoms with Crippen LogP contribution in [-0.2, 0) is 12.3 Å². The fourth-order valence-electron chi connectivity index (χ4n) is 3.20. The molecule has 0 aliphatic carbocycles. The van der Waals surface area contributed by atoms with Gasteiger partial charge in [-0.1, -0.05) is 27.7 Å². The van der Waals surface area contributed by atoms with Gasteiger partial charge in [0, 0.05) is 0 Å². The molecule has 23 heavy (non-hydrogen) atoms. The van der Waals surface area contributed by atoms with Crippen molar-refractivity contribution < 1.29 is 12.3 Å². The van der Waals surface area contributed by atoms with Crippen LogP contribution in [0.2, 0.25) is 57.9 Å². The highest BCUT2D eigenvalue weighted by Crippen LogP contribution is 2.34. The van der Waals surface area contributed by atoms with E-state index in [0.717, 1.165) is 12.1 Å². The topological polar surface area (TPSA) is 27.7 Å². The first-order chi connectivity index (χ1) is 9.95. The summed E-state index contributed by atoms with van der Waals surface area (Å²) in [6.45, 7) is 24.0. The maximum absolute atomic E-state index is 7.03. The second-order valence-corrected chi connectivity index (χ2v) is 26.2. The quantitative estimate of drug-likeness (QED) is 0.311. The molecule has 0 atom stereocenters. The zero-order valence-electron chi connectivity index (χ0n) is 17.2. The first kappa shape index (κ1) is 24.0. The molecule has 0 spiro atoms. The highest BCUT2D eigenvalue weighted by Gasteiger charge is 2.45. The Bertz CT molecular complexity index is 358. The molecule has 8 heteroatoms. The molecule has 0 aromatic heterocycles. The molecule has 0 saturated carbocycles. The van der Waals surface area contributed by atoms with Crippen molar-refractivity contribution in [2.24, 2.45) is 11.8 Å². The van der Waals surface area contributed by atoms with Gasteiger partial charge in [0.2, 0.25) is 0 Å². The maximum atomic E-state index is 7.03. The zero-order valence-corrected chi connectivity index (χ0v) is 21.9. The van der Waals surface area contributed by atoms with Gasteiger partial charge in [0.15, 0.2) is 8.32 Å². The summed E-state index contributed by atoms with van der Waals surface area (Å²) in [6.07, 6.45) is 0. The molecule has 0 unspecified atom stereocenters. The van der Waals surface area contributed by atoms with Crippen LogP contribution in [-0.4, -0.2) is 33.1 Å². The van der Waals surface area contributed by atoms with E-state index in [1.807, 2.05) is 0 Å². The average molecular weight is 415 g/mol. The van der Waals surface area contributed by atoms with E-state index in [1.54, 1.807) is 0 Å².